The molecule has 0 aliphatic heterocycles. The van der Waals surface area contributed by atoms with Crippen molar-refractivity contribution in [2.45, 2.75) is 20.5 Å². The van der Waals surface area contributed by atoms with Crippen LogP contribution in [-0.2, 0) is 11.3 Å². The third-order valence-electron chi connectivity index (χ3n) is 3.66. The van der Waals surface area contributed by atoms with Gasteiger partial charge in [0.15, 0.2) is 5.76 Å². The van der Waals surface area contributed by atoms with Gasteiger partial charge in [0.05, 0.1) is 6.61 Å². The Labute approximate surface area is 135 Å². The van der Waals surface area contributed by atoms with Gasteiger partial charge in [0.1, 0.15) is 5.58 Å². The maximum absolute atomic E-state index is 12.6. The molecule has 4 heteroatoms. The summed E-state index contributed by atoms with van der Waals surface area (Å²) in [6, 6.07) is 15.3. The summed E-state index contributed by atoms with van der Waals surface area (Å²) in [6.07, 6.45) is 0. The zero-order valence-electron chi connectivity index (χ0n) is 13.3. The molecular formula is C19H19NO3. The average molecular weight is 309 g/mol. The number of aryl methyl sites for hydroxylation is 1. The van der Waals surface area contributed by atoms with Crippen molar-refractivity contribution >= 4 is 22.6 Å². The number of nitrogens with one attached hydrogen (secondary N) is 1. The van der Waals surface area contributed by atoms with Crippen molar-refractivity contribution in [1.29, 1.82) is 0 Å². The number of benzene rings is 2. The quantitative estimate of drug-likeness (QED) is 0.753. The van der Waals surface area contributed by atoms with E-state index < -0.39 is 0 Å². The second-order valence-corrected chi connectivity index (χ2v) is 5.36. The normalized spacial score (nSPS) is 10.9. The monoisotopic (exact) mass is 309 g/mol. The van der Waals surface area contributed by atoms with Gasteiger partial charge >= 0.3 is 0 Å². The third kappa shape index (κ3) is 3.27. The number of para-hydroxylation sites is 1. The van der Waals surface area contributed by atoms with Crippen LogP contribution in [0.1, 0.15) is 28.6 Å². The largest absolute Gasteiger partial charge is 0.451 e. The van der Waals surface area contributed by atoms with Gasteiger partial charge in [-0.1, -0.05) is 35.9 Å². The molecule has 0 unspecified atom stereocenters. The lowest BCUT2D eigenvalue weighted by Gasteiger charge is -2.06. The second-order valence-electron chi connectivity index (χ2n) is 5.36. The highest BCUT2D eigenvalue weighted by atomic mass is 16.5. The van der Waals surface area contributed by atoms with Crippen LogP contribution in [0.3, 0.4) is 0 Å². The Morgan fingerprint density at radius 2 is 1.87 bits per heavy atom. The topological polar surface area (TPSA) is 51.5 Å². The molecule has 1 heterocycles. The van der Waals surface area contributed by atoms with Crippen molar-refractivity contribution in [3.8, 4) is 0 Å². The van der Waals surface area contributed by atoms with Crippen LogP contribution in [0, 0.1) is 6.92 Å². The van der Waals surface area contributed by atoms with Gasteiger partial charge in [-0.05, 0) is 32.0 Å². The minimum atomic E-state index is -0.264. The molecule has 3 rings (SSSR count). The predicted molar refractivity (Wildman–Crippen MR) is 90.7 cm³/mol. The predicted octanol–water partition coefficient (Wildman–Crippen LogP) is 4.53. The Morgan fingerprint density at radius 1 is 1.13 bits per heavy atom. The van der Waals surface area contributed by atoms with Crippen molar-refractivity contribution < 1.29 is 13.9 Å². The molecule has 118 valence electrons. The van der Waals surface area contributed by atoms with Crippen LogP contribution in [0.25, 0.3) is 11.0 Å². The van der Waals surface area contributed by atoms with Gasteiger partial charge in [-0.15, -0.1) is 0 Å². The zero-order chi connectivity index (χ0) is 16.2. The molecule has 0 spiro atoms. The number of anilines is 1. The van der Waals surface area contributed by atoms with E-state index in [9.17, 15) is 4.79 Å². The number of furan rings is 1. The summed E-state index contributed by atoms with van der Waals surface area (Å²) < 4.78 is 11.3. The highest BCUT2D eigenvalue weighted by molar-refractivity contribution is 6.06. The van der Waals surface area contributed by atoms with Crippen LogP contribution in [0.4, 0.5) is 5.69 Å². The first-order valence-electron chi connectivity index (χ1n) is 7.65. The maximum Gasteiger partial charge on any atom is 0.291 e. The van der Waals surface area contributed by atoms with E-state index in [0.29, 0.717) is 24.6 Å². The molecule has 0 bridgehead atoms. The van der Waals surface area contributed by atoms with E-state index in [4.69, 9.17) is 9.15 Å². The van der Waals surface area contributed by atoms with Gasteiger partial charge < -0.3 is 14.5 Å². The summed E-state index contributed by atoms with van der Waals surface area (Å²) in [6.45, 7) is 4.86. The SMILES string of the molecule is CCOCc1c(C(=O)Nc2ccc(C)cc2)oc2ccccc12. The van der Waals surface area contributed by atoms with Gasteiger partial charge in [-0.25, -0.2) is 0 Å². The van der Waals surface area contributed by atoms with E-state index in [1.807, 2.05) is 62.4 Å². The Hall–Kier alpha value is -2.59. The van der Waals surface area contributed by atoms with Gasteiger partial charge in [0.2, 0.25) is 0 Å². The molecule has 0 saturated heterocycles. The van der Waals surface area contributed by atoms with Crippen molar-refractivity contribution in [3.63, 3.8) is 0 Å². The van der Waals surface area contributed by atoms with Crippen LogP contribution in [0.2, 0.25) is 0 Å². The number of hydrogen-bond donors (Lipinski definition) is 1. The molecule has 2 aromatic carbocycles. The first-order valence-corrected chi connectivity index (χ1v) is 7.65. The smallest absolute Gasteiger partial charge is 0.291 e. The molecule has 1 aromatic heterocycles. The summed E-state index contributed by atoms with van der Waals surface area (Å²) in [5.74, 6) is 0.0416. The Kier molecular flexibility index (Phi) is 4.44. The molecule has 1 amide bonds. The maximum atomic E-state index is 12.6. The molecule has 23 heavy (non-hydrogen) atoms. The number of ether oxygens (including phenoxy) is 1. The number of amides is 1. The van der Waals surface area contributed by atoms with E-state index in [2.05, 4.69) is 5.32 Å². The highest BCUT2D eigenvalue weighted by Crippen LogP contribution is 2.27. The van der Waals surface area contributed by atoms with Crippen molar-refractivity contribution in [3.05, 3.63) is 65.4 Å². The van der Waals surface area contributed by atoms with Crippen molar-refractivity contribution in [1.82, 2.24) is 0 Å². The fourth-order valence-corrected chi connectivity index (χ4v) is 2.45. The Balaban J connectivity index is 1.93. The standard InChI is InChI=1S/C19H19NO3/c1-3-22-12-16-15-6-4-5-7-17(15)23-18(16)19(21)20-14-10-8-13(2)9-11-14/h4-11H,3,12H2,1-2H3,(H,20,21). The van der Waals surface area contributed by atoms with E-state index in [1.165, 1.54) is 0 Å². The summed E-state index contributed by atoms with van der Waals surface area (Å²) in [4.78, 5) is 12.6. The summed E-state index contributed by atoms with van der Waals surface area (Å²) in [5, 5.41) is 3.79. The first kappa shape index (κ1) is 15.3. The molecule has 4 nitrogen and oxygen atoms in total. The summed E-state index contributed by atoms with van der Waals surface area (Å²) in [5.41, 5.74) is 3.36. The van der Waals surface area contributed by atoms with E-state index in [0.717, 1.165) is 22.2 Å². The number of carbonyl (C=O) groups is 1. The second kappa shape index (κ2) is 6.67. The van der Waals surface area contributed by atoms with Crippen molar-refractivity contribution in [2.75, 3.05) is 11.9 Å². The minimum absolute atomic E-state index is 0.264. The molecule has 0 radical (unpaired) electrons. The summed E-state index contributed by atoms with van der Waals surface area (Å²) >= 11 is 0. The fourth-order valence-electron chi connectivity index (χ4n) is 2.45. The van der Waals surface area contributed by atoms with Crippen LogP contribution in [0.5, 0.6) is 0 Å². The van der Waals surface area contributed by atoms with E-state index >= 15 is 0 Å². The molecule has 0 fully saturated rings. The van der Waals surface area contributed by atoms with Gasteiger partial charge in [-0.2, -0.15) is 0 Å². The first-order chi connectivity index (χ1) is 11.2. The Bertz CT molecular complexity index is 818. The highest BCUT2D eigenvalue weighted by Gasteiger charge is 2.20. The van der Waals surface area contributed by atoms with Crippen LogP contribution >= 0.6 is 0 Å². The lowest BCUT2D eigenvalue weighted by molar-refractivity contribution is 0.0984. The molecular weight excluding hydrogens is 290 g/mol. The average Bonchev–Trinajstić information content (AvgIpc) is 2.94. The molecule has 0 aliphatic carbocycles. The lowest BCUT2D eigenvalue weighted by atomic mass is 10.1. The molecule has 0 aliphatic rings. The van der Waals surface area contributed by atoms with Crippen LogP contribution in [-0.4, -0.2) is 12.5 Å². The number of fused-ring (bicyclic) bond motifs is 1. The fraction of sp³-hybridized carbons (Fsp3) is 0.211. The molecule has 1 N–H and O–H groups in total. The molecule has 0 saturated carbocycles. The number of carbonyl (C=O) groups excluding carboxylic acids is 1. The summed E-state index contributed by atoms with van der Waals surface area (Å²) in [7, 11) is 0. The van der Waals surface area contributed by atoms with Gasteiger partial charge in [-0.3, -0.25) is 4.79 Å². The van der Waals surface area contributed by atoms with Gasteiger partial charge in [0, 0.05) is 23.2 Å². The third-order valence-corrected chi connectivity index (χ3v) is 3.66. The number of hydrogen-bond acceptors (Lipinski definition) is 3. The van der Waals surface area contributed by atoms with Crippen LogP contribution in [0.15, 0.2) is 52.9 Å². The van der Waals surface area contributed by atoms with Crippen LogP contribution < -0.4 is 5.32 Å². The number of rotatable bonds is 5. The molecule has 0 atom stereocenters. The zero-order valence-corrected chi connectivity index (χ0v) is 13.3. The van der Waals surface area contributed by atoms with Crippen molar-refractivity contribution in [2.24, 2.45) is 0 Å². The van der Waals surface area contributed by atoms with Gasteiger partial charge in [0.25, 0.3) is 5.91 Å². The van der Waals surface area contributed by atoms with E-state index in [-0.39, 0.29) is 5.91 Å². The Morgan fingerprint density at radius 3 is 2.61 bits per heavy atom. The van der Waals surface area contributed by atoms with E-state index in [1.54, 1.807) is 0 Å². The molecule has 3 aromatic rings. The minimum Gasteiger partial charge on any atom is -0.451 e. The lowest BCUT2D eigenvalue weighted by Crippen LogP contribution is -2.13.